The number of rotatable bonds is 9. The smallest absolute Gasteiger partial charge is 0.250 e. The number of aliphatic hydroxyl groups excluding tert-OH is 1. The quantitative estimate of drug-likeness (QED) is 0.690. The zero-order valence-electron chi connectivity index (χ0n) is 14.2. The fraction of sp³-hybridized carbons (Fsp3) is 0.750. The van der Waals surface area contributed by atoms with Crippen LogP contribution in [0.4, 0.5) is 0 Å². The first-order valence-electron chi connectivity index (χ1n) is 8.41. The Hall–Kier alpha value is -0.510. The maximum Gasteiger partial charge on any atom is 0.250 e. The van der Waals surface area contributed by atoms with Crippen LogP contribution in [0.3, 0.4) is 0 Å². The lowest BCUT2D eigenvalue weighted by atomic mass is 9.93. The fourth-order valence-electron chi connectivity index (χ4n) is 2.67. The van der Waals surface area contributed by atoms with Crippen molar-refractivity contribution >= 4 is 21.4 Å². The van der Waals surface area contributed by atoms with Gasteiger partial charge < -0.3 is 14.6 Å². The van der Waals surface area contributed by atoms with Crippen molar-refractivity contribution in [2.45, 2.75) is 62.2 Å². The maximum atomic E-state index is 12.5. The predicted octanol–water partition coefficient (Wildman–Crippen LogP) is 2.35. The molecule has 2 N–H and O–H groups in total. The van der Waals surface area contributed by atoms with Gasteiger partial charge in [0.2, 0.25) is 10.0 Å². The molecule has 0 aliphatic carbocycles. The van der Waals surface area contributed by atoms with E-state index in [4.69, 9.17) is 9.47 Å². The molecule has 0 amide bonds. The molecule has 2 heterocycles. The maximum absolute atomic E-state index is 12.5. The van der Waals surface area contributed by atoms with Crippen LogP contribution in [0, 0.1) is 5.92 Å². The molecule has 1 aromatic rings. The molecular weight excluding hydrogens is 350 g/mol. The highest BCUT2D eigenvalue weighted by atomic mass is 32.2. The molecule has 1 aliphatic rings. The Morgan fingerprint density at radius 3 is 2.71 bits per heavy atom. The number of ether oxygens (including phenoxy) is 2. The van der Waals surface area contributed by atoms with Gasteiger partial charge in [-0.25, -0.2) is 13.1 Å². The summed E-state index contributed by atoms with van der Waals surface area (Å²) < 4.78 is 38.9. The van der Waals surface area contributed by atoms with Gasteiger partial charge in [-0.2, -0.15) is 0 Å². The molecular formula is C16H27NO5S2. The highest BCUT2D eigenvalue weighted by molar-refractivity contribution is 7.91. The zero-order valence-corrected chi connectivity index (χ0v) is 15.8. The van der Waals surface area contributed by atoms with E-state index >= 15 is 0 Å². The molecule has 6 nitrogen and oxygen atoms in total. The van der Waals surface area contributed by atoms with Crippen LogP contribution in [-0.2, 0) is 19.5 Å². The second kappa shape index (κ2) is 9.26. The van der Waals surface area contributed by atoms with Gasteiger partial charge in [0, 0.05) is 6.42 Å². The standard InChI is InChI=1S/C16H27NO5S2/c1-3-12(2)16(17-24(19,20)15-6-4-11-23-15)13(18)7-8-14-21-9-5-10-22-14/h4,6,11-14,16-18H,3,5,7-10H2,1-2H3/t12-,13?,16?/m0/s1. The predicted molar refractivity (Wildman–Crippen MR) is 93.4 cm³/mol. The van der Waals surface area contributed by atoms with Gasteiger partial charge in [-0.05, 0) is 30.2 Å². The van der Waals surface area contributed by atoms with E-state index < -0.39 is 22.2 Å². The molecule has 24 heavy (non-hydrogen) atoms. The molecule has 0 spiro atoms. The molecule has 3 atom stereocenters. The molecule has 0 saturated carbocycles. The van der Waals surface area contributed by atoms with E-state index in [1.54, 1.807) is 17.5 Å². The van der Waals surface area contributed by atoms with Crippen LogP contribution in [0.2, 0.25) is 0 Å². The Bertz CT molecular complexity index is 569. The van der Waals surface area contributed by atoms with E-state index in [-0.39, 0.29) is 16.4 Å². The molecule has 138 valence electrons. The van der Waals surface area contributed by atoms with E-state index in [2.05, 4.69) is 4.72 Å². The lowest BCUT2D eigenvalue weighted by molar-refractivity contribution is -0.184. The number of hydrogen-bond donors (Lipinski definition) is 2. The monoisotopic (exact) mass is 377 g/mol. The van der Waals surface area contributed by atoms with Crippen molar-refractivity contribution in [3.63, 3.8) is 0 Å². The fourth-order valence-corrected chi connectivity index (χ4v) is 5.06. The molecule has 0 bridgehead atoms. The van der Waals surface area contributed by atoms with Crippen molar-refractivity contribution in [3.05, 3.63) is 17.5 Å². The van der Waals surface area contributed by atoms with Gasteiger partial charge in [0.05, 0.1) is 25.4 Å². The van der Waals surface area contributed by atoms with Crippen LogP contribution >= 0.6 is 11.3 Å². The SMILES string of the molecule is CC[C@H](C)C(NS(=O)(=O)c1cccs1)C(O)CCC1OCCCO1. The lowest BCUT2D eigenvalue weighted by Crippen LogP contribution is -2.47. The molecule has 0 radical (unpaired) electrons. The Morgan fingerprint density at radius 1 is 1.42 bits per heavy atom. The van der Waals surface area contributed by atoms with Crippen molar-refractivity contribution in [1.82, 2.24) is 4.72 Å². The number of sulfonamides is 1. The summed E-state index contributed by atoms with van der Waals surface area (Å²) in [5, 5.41) is 12.3. The number of thiophene rings is 1. The van der Waals surface area contributed by atoms with Crippen molar-refractivity contribution in [2.75, 3.05) is 13.2 Å². The summed E-state index contributed by atoms with van der Waals surface area (Å²) in [6.07, 6.45) is 1.53. The third-order valence-corrected chi connectivity index (χ3v) is 7.17. The minimum Gasteiger partial charge on any atom is -0.391 e. The van der Waals surface area contributed by atoms with Crippen LogP contribution in [0.1, 0.15) is 39.5 Å². The van der Waals surface area contributed by atoms with Gasteiger partial charge in [0.25, 0.3) is 0 Å². The van der Waals surface area contributed by atoms with Gasteiger partial charge in [-0.1, -0.05) is 26.3 Å². The molecule has 8 heteroatoms. The summed E-state index contributed by atoms with van der Waals surface area (Å²) in [6.45, 7) is 5.26. The normalized spacial score (nSPS) is 20.6. The second-order valence-corrected chi connectivity index (χ2v) is 9.02. The Kier molecular flexibility index (Phi) is 7.64. The summed E-state index contributed by atoms with van der Waals surface area (Å²) in [7, 11) is -3.61. The highest BCUT2D eigenvalue weighted by Gasteiger charge is 2.30. The first-order valence-corrected chi connectivity index (χ1v) is 10.8. The number of hydrogen-bond acceptors (Lipinski definition) is 6. The van der Waals surface area contributed by atoms with Crippen LogP contribution in [0.25, 0.3) is 0 Å². The molecule has 2 rings (SSSR count). The third kappa shape index (κ3) is 5.50. The van der Waals surface area contributed by atoms with Crippen LogP contribution in [0.5, 0.6) is 0 Å². The highest BCUT2D eigenvalue weighted by Crippen LogP contribution is 2.22. The van der Waals surface area contributed by atoms with Crippen molar-refractivity contribution in [3.8, 4) is 0 Å². The van der Waals surface area contributed by atoms with E-state index in [9.17, 15) is 13.5 Å². The molecule has 1 fully saturated rings. The molecule has 1 aromatic heterocycles. The van der Waals surface area contributed by atoms with Gasteiger partial charge in [-0.15, -0.1) is 11.3 Å². The van der Waals surface area contributed by atoms with Gasteiger partial charge >= 0.3 is 0 Å². The molecule has 1 aliphatic heterocycles. The molecule has 0 aromatic carbocycles. The lowest BCUT2D eigenvalue weighted by Gasteiger charge is -2.30. The Balaban J connectivity index is 1.98. The largest absolute Gasteiger partial charge is 0.391 e. The summed E-state index contributed by atoms with van der Waals surface area (Å²) in [5.74, 6) is 0.0166. The first-order chi connectivity index (χ1) is 11.4. The zero-order chi connectivity index (χ0) is 17.6. The third-order valence-electron chi connectivity index (χ3n) is 4.32. The minimum atomic E-state index is -3.61. The summed E-state index contributed by atoms with van der Waals surface area (Å²) in [5.41, 5.74) is 0. The van der Waals surface area contributed by atoms with Gasteiger partial charge in [0.1, 0.15) is 4.21 Å². The topological polar surface area (TPSA) is 84.9 Å². The average molecular weight is 378 g/mol. The Labute approximate surface area is 148 Å². The van der Waals surface area contributed by atoms with Crippen molar-refractivity contribution in [2.24, 2.45) is 5.92 Å². The van der Waals surface area contributed by atoms with Crippen molar-refractivity contribution < 1.29 is 23.0 Å². The summed E-state index contributed by atoms with van der Waals surface area (Å²) in [6, 6.07) is 2.73. The summed E-state index contributed by atoms with van der Waals surface area (Å²) in [4.78, 5) is 0. The van der Waals surface area contributed by atoms with E-state index in [1.807, 2.05) is 13.8 Å². The van der Waals surface area contributed by atoms with Gasteiger partial charge in [0.15, 0.2) is 6.29 Å². The van der Waals surface area contributed by atoms with Gasteiger partial charge in [-0.3, -0.25) is 0 Å². The molecule has 2 unspecified atom stereocenters. The number of aliphatic hydroxyl groups is 1. The summed E-state index contributed by atoms with van der Waals surface area (Å²) >= 11 is 1.17. The number of nitrogens with one attached hydrogen (secondary N) is 1. The van der Waals surface area contributed by atoms with E-state index in [0.717, 1.165) is 12.8 Å². The Morgan fingerprint density at radius 2 is 2.12 bits per heavy atom. The van der Waals surface area contributed by atoms with Crippen LogP contribution in [-0.4, -0.2) is 45.2 Å². The average Bonchev–Trinajstić information content (AvgIpc) is 3.13. The van der Waals surface area contributed by atoms with E-state index in [0.29, 0.717) is 26.1 Å². The van der Waals surface area contributed by atoms with Crippen LogP contribution < -0.4 is 4.72 Å². The second-order valence-electron chi connectivity index (χ2n) is 6.13. The molecule has 1 saturated heterocycles. The minimum absolute atomic E-state index is 0.0166. The van der Waals surface area contributed by atoms with Crippen molar-refractivity contribution in [1.29, 1.82) is 0 Å². The first kappa shape index (κ1) is 19.8. The van der Waals surface area contributed by atoms with Crippen LogP contribution in [0.15, 0.2) is 21.7 Å². The van der Waals surface area contributed by atoms with E-state index in [1.165, 1.54) is 11.3 Å².